The van der Waals surface area contributed by atoms with E-state index in [4.69, 9.17) is 0 Å². The quantitative estimate of drug-likeness (QED) is 0.167. The van der Waals surface area contributed by atoms with Crippen LogP contribution in [-0.4, -0.2) is 27.8 Å². The van der Waals surface area contributed by atoms with Gasteiger partial charge in [-0.05, 0) is 96.9 Å². The van der Waals surface area contributed by atoms with Crippen LogP contribution in [0, 0.1) is 13.8 Å². The van der Waals surface area contributed by atoms with Crippen LogP contribution >= 0.6 is 0 Å². The Kier molecular flexibility index (Phi) is 15.9. The molecule has 3 rings (SSSR count). The highest BCUT2D eigenvalue weighted by atomic mass is 28.3. The first-order valence-corrected chi connectivity index (χ1v) is 22.6. The molecule has 0 radical (unpaired) electrons. The molecule has 43 heavy (non-hydrogen) atoms. The number of rotatable bonds is 15. The van der Waals surface area contributed by atoms with Crippen LogP contribution in [0.15, 0.2) is 42.5 Å². The number of aryl methyl sites for hydroxylation is 7. The summed E-state index contributed by atoms with van der Waals surface area (Å²) in [5.41, 5.74) is 10.3. The molecule has 0 unspecified atom stereocenters. The minimum Gasteiger partial charge on any atom is -0.507 e. The summed E-state index contributed by atoms with van der Waals surface area (Å²) >= 11 is 0. The smallest absolute Gasteiger partial charge is 0.121 e. The maximum Gasteiger partial charge on any atom is 0.121 e. The van der Waals surface area contributed by atoms with Gasteiger partial charge < -0.3 is 10.2 Å². The van der Waals surface area contributed by atoms with Crippen LogP contribution < -0.4 is 5.19 Å². The number of aromatic hydroxyl groups is 2. The van der Waals surface area contributed by atoms with Crippen molar-refractivity contribution in [1.29, 1.82) is 0 Å². The summed E-state index contributed by atoms with van der Waals surface area (Å²) in [6, 6.07) is 18.3. The Hall–Kier alpha value is -2.31. The summed E-state index contributed by atoms with van der Waals surface area (Å²) in [6.45, 7) is 20.4. The number of hydrogen-bond acceptors (Lipinski definition) is 2. The molecule has 3 aromatic rings. The van der Waals surface area contributed by atoms with Crippen LogP contribution in [0.25, 0.3) is 0 Å². The van der Waals surface area contributed by atoms with Crippen molar-refractivity contribution < 1.29 is 10.2 Å². The molecule has 0 spiro atoms. The van der Waals surface area contributed by atoms with E-state index in [-0.39, 0.29) is 9.52 Å². The molecule has 0 atom stereocenters. The highest BCUT2D eigenvalue weighted by Gasteiger charge is 2.15. The number of benzene rings is 3. The number of hydrogen-bond donors (Lipinski definition) is 2. The zero-order valence-electron chi connectivity index (χ0n) is 29.1. The molecule has 4 heteroatoms. The van der Waals surface area contributed by atoms with Gasteiger partial charge in [0.1, 0.15) is 11.5 Å². The Balaban J connectivity index is 0.000000309. The molecule has 0 saturated carbocycles. The Bertz CT molecular complexity index is 1220. The molecule has 0 bridgehead atoms. The van der Waals surface area contributed by atoms with Crippen molar-refractivity contribution in [2.24, 2.45) is 0 Å². The minimum absolute atomic E-state index is 0.225. The van der Waals surface area contributed by atoms with Gasteiger partial charge in [0, 0.05) is 8.07 Å². The zero-order valence-corrected chi connectivity index (χ0v) is 31.5. The van der Waals surface area contributed by atoms with Gasteiger partial charge >= 0.3 is 0 Å². The van der Waals surface area contributed by atoms with Crippen molar-refractivity contribution in [1.82, 2.24) is 0 Å². The summed E-state index contributed by atoms with van der Waals surface area (Å²) in [6.07, 6.45) is 10.6. The van der Waals surface area contributed by atoms with Crippen LogP contribution in [-0.2, 0) is 38.5 Å². The molecule has 0 amide bonds. The second kappa shape index (κ2) is 18.5. The highest BCUT2D eigenvalue weighted by molar-refractivity contribution is 6.76. The molecule has 0 aliphatic heterocycles. The van der Waals surface area contributed by atoms with E-state index >= 15 is 0 Å². The van der Waals surface area contributed by atoms with Gasteiger partial charge in [-0.3, -0.25) is 0 Å². The maximum atomic E-state index is 10.5. The predicted octanol–water partition coefficient (Wildman–Crippen LogP) is 9.55. The summed E-state index contributed by atoms with van der Waals surface area (Å²) < 4.78 is 0. The third-order valence-corrected chi connectivity index (χ3v) is 12.3. The fourth-order valence-electron chi connectivity index (χ4n) is 5.88. The summed E-state index contributed by atoms with van der Waals surface area (Å²) in [4.78, 5) is 0. The van der Waals surface area contributed by atoms with E-state index in [0.717, 1.165) is 80.0 Å². The highest BCUT2D eigenvalue weighted by Crippen LogP contribution is 2.29. The molecular weight excluding hydrogens is 557 g/mol. The number of phenols is 2. The summed E-state index contributed by atoms with van der Waals surface area (Å²) in [7, 11) is -1.21. The first-order valence-electron chi connectivity index (χ1n) is 17.2. The van der Waals surface area contributed by atoms with E-state index in [9.17, 15) is 10.2 Å². The zero-order chi connectivity index (χ0) is 32.0. The summed E-state index contributed by atoms with van der Waals surface area (Å²) in [5, 5.41) is 22.4. The van der Waals surface area contributed by atoms with E-state index in [1.165, 1.54) is 40.8 Å². The fraction of sp³-hybridized carbons (Fsp3) is 0.538. The van der Waals surface area contributed by atoms with E-state index in [0.29, 0.717) is 11.5 Å². The van der Waals surface area contributed by atoms with Crippen LogP contribution in [0.3, 0.4) is 0 Å². The molecule has 3 aromatic carbocycles. The second-order valence-electron chi connectivity index (χ2n) is 13.8. The number of phenolic OH excluding ortho intramolecular Hbond substituents is 2. The average Bonchev–Trinajstić information content (AvgIpc) is 2.95. The molecule has 2 N–H and O–H groups in total. The van der Waals surface area contributed by atoms with E-state index in [2.05, 4.69) is 104 Å². The van der Waals surface area contributed by atoms with Gasteiger partial charge in [-0.15, -0.1) is 0 Å². The minimum atomic E-state index is -0.988. The van der Waals surface area contributed by atoms with Crippen molar-refractivity contribution >= 4 is 22.8 Å². The van der Waals surface area contributed by atoms with E-state index in [1.807, 2.05) is 0 Å². The first-order chi connectivity index (χ1) is 20.4. The molecule has 0 aliphatic rings. The molecule has 0 aliphatic carbocycles. The predicted molar refractivity (Wildman–Crippen MR) is 197 cm³/mol. The molecular formula is C39H62O2Si2. The van der Waals surface area contributed by atoms with Crippen molar-refractivity contribution in [2.75, 3.05) is 0 Å². The van der Waals surface area contributed by atoms with Crippen molar-refractivity contribution in [3.05, 3.63) is 87.0 Å². The van der Waals surface area contributed by atoms with Gasteiger partial charge in [0.25, 0.3) is 0 Å². The maximum absolute atomic E-state index is 10.5. The van der Waals surface area contributed by atoms with Crippen LogP contribution in [0.2, 0.25) is 31.7 Å². The molecule has 0 saturated heterocycles. The molecule has 0 heterocycles. The molecule has 238 valence electrons. The van der Waals surface area contributed by atoms with Crippen LogP contribution in [0.4, 0.5) is 0 Å². The van der Waals surface area contributed by atoms with Crippen molar-refractivity contribution in [2.45, 2.75) is 137 Å². The monoisotopic (exact) mass is 618 g/mol. The lowest BCUT2D eigenvalue weighted by molar-refractivity contribution is 0.459. The van der Waals surface area contributed by atoms with Gasteiger partial charge in [-0.2, -0.15) is 0 Å². The molecule has 0 fully saturated rings. The van der Waals surface area contributed by atoms with Gasteiger partial charge in [0.2, 0.25) is 0 Å². The molecule has 0 aromatic heterocycles. The third-order valence-electron chi connectivity index (χ3n) is 8.52. The van der Waals surface area contributed by atoms with Crippen molar-refractivity contribution in [3.8, 4) is 11.5 Å². The first kappa shape index (κ1) is 36.9. The molecule has 2 nitrogen and oxygen atoms in total. The lowest BCUT2D eigenvalue weighted by Gasteiger charge is -2.17. The van der Waals surface area contributed by atoms with Crippen LogP contribution in [0.1, 0.15) is 97.9 Å². The standard InChI is InChI=1S/C22H32OSi.C17H30OSi/c1-5-8-19-14-18(15-20(9-6-2)22(19)23)12-13-24-21-11-7-10-16(3)17(21)4;1-6-8-15-12-14(10-11-19(3,4)5)13-16(9-7-2)17(15)18/h7,10-11,14-15,23H,5-6,8-9,12-13,24H2,1-4H3;12-13,18H,6-11H2,1-5H3. The normalized spacial score (nSPS) is 11.7. The second-order valence-corrected chi connectivity index (χ2v) is 21.4. The van der Waals surface area contributed by atoms with Crippen LogP contribution in [0.5, 0.6) is 11.5 Å². The van der Waals surface area contributed by atoms with Gasteiger partial charge in [0.15, 0.2) is 0 Å². The van der Waals surface area contributed by atoms with Gasteiger partial charge in [-0.25, -0.2) is 0 Å². The largest absolute Gasteiger partial charge is 0.507 e. The lowest BCUT2D eigenvalue weighted by atomic mass is 9.97. The fourth-order valence-corrected chi connectivity index (χ4v) is 8.84. The average molecular weight is 619 g/mol. The van der Waals surface area contributed by atoms with Gasteiger partial charge in [-0.1, -0.05) is 133 Å². The Morgan fingerprint density at radius 3 is 1.42 bits per heavy atom. The Morgan fingerprint density at radius 1 is 0.605 bits per heavy atom. The topological polar surface area (TPSA) is 40.5 Å². The Labute approximate surface area is 268 Å². The Morgan fingerprint density at radius 2 is 1.02 bits per heavy atom. The van der Waals surface area contributed by atoms with Crippen molar-refractivity contribution in [3.63, 3.8) is 0 Å². The summed E-state index contributed by atoms with van der Waals surface area (Å²) in [5.74, 6) is 1.11. The van der Waals surface area contributed by atoms with E-state index in [1.54, 1.807) is 5.19 Å². The van der Waals surface area contributed by atoms with E-state index < -0.39 is 8.07 Å². The lowest BCUT2D eigenvalue weighted by Crippen LogP contribution is -2.20. The third kappa shape index (κ3) is 12.3. The van der Waals surface area contributed by atoms with Gasteiger partial charge in [0.05, 0.1) is 9.52 Å². The SMILES string of the molecule is CCCc1cc(CC[SiH2]c2cccc(C)c2C)cc(CCC)c1O.CCCc1cc(CC[Si](C)(C)C)cc(CCC)c1O.